The van der Waals surface area contributed by atoms with Gasteiger partial charge in [-0.15, -0.1) is 5.10 Å². The van der Waals surface area contributed by atoms with Crippen molar-refractivity contribution in [2.75, 3.05) is 11.9 Å². The van der Waals surface area contributed by atoms with Crippen molar-refractivity contribution in [3.05, 3.63) is 29.1 Å². The lowest BCUT2D eigenvalue weighted by atomic mass is 10.0. The van der Waals surface area contributed by atoms with Crippen LogP contribution in [0.3, 0.4) is 0 Å². The molecule has 174 valence electrons. The Balaban J connectivity index is 2.07. The fourth-order valence-corrected chi connectivity index (χ4v) is 3.51. The van der Waals surface area contributed by atoms with Crippen LogP contribution in [0.5, 0.6) is 0 Å². The van der Waals surface area contributed by atoms with Crippen molar-refractivity contribution in [3.63, 3.8) is 0 Å². The fourth-order valence-electron chi connectivity index (χ4n) is 3.51. The third kappa shape index (κ3) is 4.37. The van der Waals surface area contributed by atoms with E-state index < -0.39 is 29.1 Å². The number of rotatable bonds is 4. The first kappa shape index (κ1) is 23.4. The number of carbonyl (C=O) groups is 2. The molecule has 3 rings (SSSR count). The molecule has 1 aliphatic rings. The van der Waals surface area contributed by atoms with Gasteiger partial charge < -0.3 is 14.8 Å². The van der Waals surface area contributed by atoms with E-state index >= 15 is 0 Å². The smallest absolute Gasteiger partial charge is 0.435 e. The number of ether oxygens (including phenoxy) is 2. The summed E-state index contributed by atoms with van der Waals surface area (Å²) in [7, 11) is 0. The molecule has 0 saturated heterocycles. The Labute approximate surface area is 186 Å². The van der Waals surface area contributed by atoms with Crippen LogP contribution in [-0.4, -0.2) is 49.0 Å². The maximum absolute atomic E-state index is 14.4. The summed E-state index contributed by atoms with van der Waals surface area (Å²) in [5.74, 6) is -0.0810. The van der Waals surface area contributed by atoms with E-state index in [0.29, 0.717) is 23.5 Å². The van der Waals surface area contributed by atoms with Gasteiger partial charge in [0.2, 0.25) is 0 Å². The van der Waals surface area contributed by atoms with Gasteiger partial charge in [0.15, 0.2) is 17.5 Å². The number of fused-ring (bicyclic) bond motifs is 1. The van der Waals surface area contributed by atoms with Gasteiger partial charge in [0.1, 0.15) is 11.4 Å². The Morgan fingerprint density at radius 3 is 2.50 bits per heavy atom. The van der Waals surface area contributed by atoms with Crippen molar-refractivity contribution in [3.8, 4) is 0 Å². The molecule has 3 heterocycles. The van der Waals surface area contributed by atoms with Gasteiger partial charge in [-0.1, -0.05) is 6.92 Å². The van der Waals surface area contributed by atoms with Crippen molar-refractivity contribution < 1.29 is 23.5 Å². The first-order valence-electron chi connectivity index (χ1n) is 10.5. The maximum Gasteiger partial charge on any atom is 0.435 e. The van der Waals surface area contributed by atoms with Gasteiger partial charge in [0, 0.05) is 12.0 Å². The second kappa shape index (κ2) is 8.36. The van der Waals surface area contributed by atoms with Crippen LogP contribution in [0.1, 0.15) is 65.5 Å². The minimum atomic E-state index is -0.948. The van der Waals surface area contributed by atoms with Crippen LogP contribution in [0, 0.1) is 5.82 Å². The molecule has 0 atom stereocenters. The number of aryl methyl sites for hydroxylation is 1. The third-order valence-corrected chi connectivity index (χ3v) is 4.96. The second-order valence-corrected chi connectivity index (χ2v) is 8.87. The van der Waals surface area contributed by atoms with E-state index in [9.17, 15) is 14.0 Å². The lowest BCUT2D eigenvalue weighted by Gasteiger charge is -2.34. The number of carbonyl (C=O) groups excluding carboxylic acids is 2. The first-order chi connectivity index (χ1) is 14.9. The van der Waals surface area contributed by atoms with Gasteiger partial charge in [0.05, 0.1) is 30.6 Å². The van der Waals surface area contributed by atoms with Crippen LogP contribution in [0.25, 0.3) is 0 Å². The normalized spacial score (nSPS) is 14.8. The predicted molar refractivity (Wildman–Crippen MR) is 114 cm³/mol. The van der Waals surface area contributed by atoms with E-state index in [1.807, 2.05) is 6.92 Å². The molecular weight excluding hydrogens is 419 g/mol. The second-order valence-electron chi connectivity index (χ2n) is 8.87. The third-order valence-electron chi connectivity index (χ3n) is 4.96. The zero-order chi connectivity index (χ0) is 23.8. The summed E-state index contributed by atoms with van der Waals surface area (Å²) >= 11 is 0. The monoisotopic (exact) mass is 448 g/mol. The van der Waals surface area contributed by atoms with Gasteiger partial charge in [-0.2, -0.15) is 4.68 Å². The van der Waals surface area contributed by atoms with Gasteiger partial charge in [0.25, 0.3) is 0 Å². The molecule has 2 aromatic heterocycles. The van der Waals surface area contributed by atoms with Crippen LogP contribution in [0.4, 0.5) is 25.6 Å². The van der Waals surface area contributed by atoms with Gasteiger partial charge >= 0.3 is 12.2 Å². The van der Waals surface area contributed by atoms with Gasteiger partial charge in [-0.05, 0) is 41.5 Å². The van der Waals surface area contributed by atoms with E-state index in [4.69, 9.17) is 9.47 Å². The summed E-state index contributed by atoms with van der Waals surface area (Å²) in [6.07, 6.45) is 0.354. The molecule has 10 nitrogen and oxygen atoms in total. The fraction of sp³-hybridized carbons (Fsp3) is 0.571. The van der Waals surface area contributed by atoms with Crippen molar-refractivity contribution >= 4 is 23.8 Å². The number of anilines is 2. The average molecular weight is 448 g/mol. The molecule has 0 unspecified atom stereocenters. The Hall–Kier alpha value is -3.24. The van der Waals surface area contributed by atoms with E-state index in [1.165, 1.54) is 4.90 Å². The molecule has 0 spiro atoms. The summed E-state index contributed by atoms with van der Waals surface area (Å²) in [6, 6.07) is 0. The van der Waals surface area contributed by atoms with E-state index in [0.717, 1.165) is 10.9 Å². The maximum atomic E-state index is 14.4. The zero-order valence-electron chi connectivity index (χ0n) is 19.4. The molecule has 0 radical (unpaired) electrons. The number of amides is 1. The molecule has 32 heavy (non-hydrogen) atoms. The summed E-state index contributed by atoms with van der Waals surface area (Å²) in [4.78, 5) is 35.2. The summed E-state index contributed by atoms with van der Waals surface area (Å²) in [6.45, 7) is 12.7. The predicted octanol–water partition coefficient (Wildman–Crippen LogP) is 4.11. The largest absolute Gasteiger partial charge is 0.448 e. The molecular formula is C21H29FN6O4. The van der Waals surface area contributed by atoms with Crippen molar-refractivity contribution in [1.82, 2.24) is 24.6 Å². The van der Waals surface area contributed by atoms with E-state index in [2.05, 4.69) is 20.4 Å². The molecule has 11 heteroatoms. The molecule has 2 aromatic rings. The van der Waals surface area contributed by atoms with Gasteiger partial charge in [-0.25, -0.2) is 23.9 Å². The highest BCUT2D eigenvalue weighted by molar-refractivity contribution is 5.77. The lowest BCUT2D eigenvalue weighted by Crippen LogP contribution is -2.44. The lowest BCUT2D eigenvalue weighted by molar-refractivity contribution is 0.00387. The molecule has 1 N–H and O–H groups in total. The van der Waals surface area contributed by atoms with Crippen molar-refractivity contribution in [1.29, 1.82) is 0 Å². The van der Waals surface area contributed by atoms with Crippen LogP contribution in [0.15, 0.2) is 6.20 Å². The molecule has 1 aliphatic heterocycles. The highest BCUT2D eigenvalue weighted by Gasteiger charge is 2.48. The summed E-state index contributed by atoms with van der Waals surface area (Å²) in [5, 5.41) is 7.20. The van der Waals surface area contributed by atoms with Crippen molar-refractivity contribution in [2.24, 2.45) is 0 Å². The van der Waals surface area contributed by atoms with Crippen LogP contribution in [0.2, 0.25) is 0 Å². The number of hydrogen-bond acceptors (Lipinski definition) is 8. The first-order valence-corrected chi connectivity index (χ1v) is 10.5. The van der Waals surface area contributed by atoms with Crippen LogP contribution in [-0.2, 0) is 28.0 Å². The highest BCUT2D eigenvalue weighted by Crippen LogP contribution is 2.43. The molecule has 0 saturated carbocycles. The standard InChI is InChI=1S/C21H29FN6O4/c1-8-14-23-10-13(22)17(24-14)25-16-12-11-27(18(29)32-20(3,4)5)21(6,7)15(12)28(26-16)19(30)31-9-2/h10H,8-9,11H2,1-7H3,(H,23,24,25,26). The molecule has 0 aliphatic carbocycles. The van der Waals surface area contributed by atoms with Gasteiger partial charge in [-0.3, -0.25) is 4.90 Å². The van der Waals surface area contributed by atoms with Crippen molar-refractivity contribution in [2.45, 2.75) is 72.6 Å². The Morgan fingerprint density at radius 2 is 1.91 bits per heavy atom. The Bertz CT molecular complexity index is 1040. The zero-order valence-corrected chi connectivity index (χ0v) is 19.4. The SMILES string of the molecule is CCOC(=O)n1nc(Nc2nc(CC)ncc2F)c2c1C(C)(C)N(C(=O)OC(C)(C)C)C2. The van der Waals surface area contributed by atoms with E-state index in [-0.39, 0.29) is 24.8 Å². The average Bonchev–Trinajstić information content (AvgIpc) is 3.18. The highest BCUT2D eigenvalue weighted by atomic mass is 19.1. The quantitative estimate of drug-likeness (QED) is 0.744. The Kier molecular flexibility index (Phi) is 6.12. The van der Waals surface area contributed by atoms with E-state index in [1.54, 1.807) is 41.5 Å². The number of nitrogens with one attached hydrogen (secondary N) is 1. The number of aromatic nitrogens is 4. The minimum Gasteiger partial charge on any atom is -0.448 e. The molecule has 0 aromatic carbocycles. The summed E-state index contributed by atoms with van der Waals surface area (Å²) in [5.41, 5.74) is -0.646. The molecule has 0 fully saturated rings. The molecule has 1 amide bonds. The Morgan fingerprint density at radius 1 is 1.22 bits per heavy atom. The number of halogens is 1. The molecule has 0 bridgehead atoms. The summed E-state index contributed by atoms with van der Waals surface area (Å²) < 4.78 is 26.2. The van der Waals surface area contributed by atoms with Crippen LogP contribution < -0.4 is 5.32 Å². The number of hydrogen-bond donors (Lipinski definition) is 1. The topological polar surface area (TPSA) is 111 Å². The minimum absolute atomic E-state index is 0.0679. The number of nitrogens with zero attached hydrogens (tertiary/aromatic N) is 5. The van der Waals surface area contributed by atoms with Crippen LogP contribution >= 0.6 is 0 Å².